The van der Waals surface area contributed by atoms with E-state index in [0.717, 1.165) is 10.9 Å². The average Bonchev–Trinajstić information content (AvgIpc) is 2.60. The highest BCUT2D eigenvalue weighted by molar-refractivity contribution is 6.05. The SMILES string of the molecule is CC(=O)c1cccc2cn(C(C)C)nc12. The molecule has 0 amide bonds. The van der Waals surface area contributed by atoms with E-state index in [4.69, 9.17) is 0 Å². The number of hydrogen-bond donors (Lipinski definition) is 0. The highest BCUT2D eigenvalue weighted by Crippen LogP contribution is 2.19. The lowest BCUT2D eigenvalue weighted by Crippen LogP contribution is -2.01. The topological polar surface area (TPSA) is 34.9 Å². The first-order chi connectivity index (χ1) is 7.09. The molecule has 2 aromatic rings. The quantitative estimate of drug-likeness (QED) is 0.702. The Morgan fingerprint density at radius 2 is 2.13 bits per heavy atom. The average molecular weight is 202 g/mol. The number of carbonyl (C=O) groups excluding carboxylic acids is 1. The molecule has 0 aliphatic heterocycles. The van der Waals surface area contributed by atoms with Gasteiger partial charge in [-0.2, -0.15) is 5.10 Å². The Hall–Kier alpha value is -1.64. The number of hydrogen-bond acceptors (Lipinski definition) is 2. The van der Waals surface area contributed by atoms with Crippen LogP contribution in [0.15, 0.2) is 24.4 Å². The summed E-state index contributed by atoms with van der Waals surface area (Å²) in [5.74, 6) is 0.0645. The molecule has 0 atom stereocenters. The van der Waals surface area contributed by atoms with Crippen molar-refractivity contribution in [1.82, 2.24) is 9.78 Å². The minimum absolute atomic E-state index is 0.0645. The largest absolute Gasteiger partial charge is 0.294 e. The third kappa shape index (κ3) is 1.65. The van der Waals surface area contributed by atoms with Crippen molar-refractivity contribution >= 4 is 16.7 Å². The molecule has 1 aromatic carbocycles. The lowest BCUT2D eigenvalue weighted by atomic mass is 10.1. The van der Waals surface area contributed by atoms with Crippen LogP contribution in [0, 0.1) is 0 Å². The standard InChI is InChI=1S/C12H14N2O/c1-8(2)14-7-10-5-4-6-11(9(3)15)12(10)13-14/h4-8H,1-3H3. The van der Waals surface area contributed by atoms with Gasteiger partial charge in [0.2, 0.25) is 0 Å². The van der Waals surface area contributed by atoms with Crippen LogP contribution in [0.3, 0.4) is 0 Å². The number of rotatable bonds is 2. The van der Waals surface area contributed by atoms with Crippen molar-refractivity contribution < 1.29 is 4.79 Å². The summed E-state index contributed by atoms with van der Waals surface area (Å²) in [5.41, 5.74) is 1.51. The fourth-order valence-electron chi connectivity index (χ4n) is 1.61. The summed E-state index contributed by atoms with van der Waals surface area (Å²) in [6.07, 6.45) is 1.98. The lowest BCUT2D eigenvalue weighted by molar-refractivity contribution is 0.101. The van der Waals surface area contributed by atoms with Crippen molar-refractivity contribution in [2.45, 2.75) is 26.8 Å². The Labute approximate surface area is 88.7 Å². The van der Waals surface area contributed by atoms with Crippen LogP contribution in [0.2, 0.25) is 0 Å². The minimum atomic E-state index is 0.0645. The molecule has 3 nitrogen and oxygen atoms in total. The fraction of sp³-hybridized carbons (Fsp3) is 0.333. The van der Waals surface area contributed by atoms with Gasteiger partial charge < -0.3 is 0 Å². The normalized spacial score (nSPS) is 11.2. The molecule has 0 fully saturated rings. The second kappa shape index (κ2) is 3.50. The summed E-state index contributed by atoms with van der Waals surface area (Å²) >= 11 is 0. The Balaban J connectivity index is 2.70. The van der Waals surface area contributed by atoms with Crippen molar-refractivity contribution in [3.63, 3.8) is 0 Å². The van der Waals surface area contributed by atoms with Gasteiger partial charge in [0.25, 0.3) is 0 Å². The molecule has 0 aliphatic rings. The maximum absolute atomic E-state index is 11.4. The van der Waals surface area contributed by atoms with Crippen LogP contribution < -0.4 is 0 Å². The van der Waals surface area contributed by atoms with E-state index >= 15 is 0 Å². The second-order valence-corrected chi connectivity index (χ2v) is 4.00. The molecule has 0 saturated heterocycles. The molecule has 15 heavy (non-hydrogen) atoms. The van der Waals surface area contributed by atoms with Gasteiger partial charge in [-0.1, -0.05) is 12.1 Å². The maximum atomic E-state index is 11.4. The smallest absolute Gasteiger partial charge is 0.162 e. The molecule has 0 N–H and O–H groups in total. The van der Waals surface area contributed by atoms with Gasteiger partial charge in [-0.15, -0.1) is 0 Å². The first-order valence-electron chi connectivity index (χ1n) is 5.08. The summed E-state index contributed by atoms with van der Waals surface area (Å²) in [5, 5.41) is 5.45. The highest BCUT2D eigenvalue weighted by Gasteiger charge is 2.10. The molecule has 3 heteroatoms. The summed E-state index contributed by atoms with van der Waals surface area (Å²) in [4.78, 5) is 11.4. The Kier molecular flexibility index (Phi) is 2.31. The Bertz CT molecular complexity index is 511. The molecular weight excluding hydrogens is 188 g/mol. The number of carbonyl (C=O) groups is 1. The van der Waals surface area contributed by atoms with E-state index in [1.165, 1.54) is 0 Å². The van der Waals surface area contributed by atoms with Crippen molar-refractivity contribution in [2.24, 2.45) is 0 Å². The number of ketones is 1. The van der Waals surface area contributed by atoms with Crippen LogP contribution in [0.4, 0.5) is 0 Å². The molecule has 0 aliphatic carbocycles. The number of nitrogens with zero attached hydrogens (tertiary/aromatic N) is 2. The van der Waals surface area contributed by atoms with E-state index in [0.29, 0.717) is 11.6 Å². The van der Waals surface area contributed by atoms with Gasteiger partial charge in [0, 0.05) is 23.2 Å². The zero-order valence-corrected chi connectivity index (χ0v) is 9.19. The first-order valence-corrected chi connectivity index (χ1v) is 5.08. The van der Waals surface area contributed by atoms with Crippen LogP contribution in [0.1, 0.15) is 37.2 Å². The predicted octanol–water partition coefficient (Wildman–Crippen LogP) is 2.82. The van der Waals surface area contributed by atoms with E-state index in [-0.39, 0.29) is 5.78 Å². The molecule has 0 bridgehead atoms. The van der Waals surface area contributed by atoms with E-state index < -0.39 is 0 Å². The molecule has 0 saturated carbocycles. The van der Waals surface area contributed by atoms with E-state index in [9.17, 15) is 4.79 Å². The van der Waals surface area contributed by atoms with Crippen molar-refractivity contribution in [3.8, 4) is 0 Å². The van der Waals surface area contributed by atoms with Gasteiger partial charge in [-0.3, -0.25) is 9.48 Å². The number of aromatic nitrogens is 2. The van der Waals surface area contributed by atoms with Crippen molar-refractivity contribution in [1.29, 1.82) is 0 Å². The third-order valence-corrected chi connectivity index (χ3v) is 2.46. The van der Waals surface area contributed by atoms with Gasteiger partial charge in [0.15, 0.2) is 5.78 Å². The molecule has 0 spiro atoms. The van der Waals surface area contributed by atoms with Gasteiger partial charge in [-0.25, -0.2) is 0 Å². The molecule has 2 rings (SSSR count). The Morgan fingerprint density at radius 3 is 2.73 bits per heavy atom. The minimum Gasteiger partial charge on any atom is -0.294 e. The van der Waals surface area contributed by atoms with Gasteiger partial charge in [0.1, 0.15) is 5.52 Å². The first kappa shape index (κ1) is 9.90. The van der Waals surface area contributed by atoms with Gasteiger partial charge >= 0.3 is 0 Å². The summed E-state index contributed by atoms with van der Waals surface area (Å²) < 4.78 is 1.89. The Morgan fingerprint density at radius 1 is 1.40 bits per heavy atom. The summed E-state index contributed by atoms with van der Waals surface area (Å²) in [6, 6.07) is 6.01. The van der Waals surface area contributed by atoms with Crippen LogP contribution >= 0.6 is 0 Å². The molecule has 0 unspecified atom stereocenters. The van der Waals surface area contributed by atoms with Gasteiger partial charge in [0.05, 0.1) is 0 Å². The molecule has 0 radical (unpaired) electrons. The summed E-state index contributed by atoms with van der Waals surface area (Å²) in [6.45, 7) is 5.71. The molecule has 1 aromatic heterocycles. The van der Waals surface area contributed by atoms with Crippen molar-refractivity contribution in [3.05, 3.63) is 30.0 Å². The van der Waals surface area contributed by atoms with E-state index in [1.54, 1.807) is 6.92 Å². The van der Waals surface area contributed by atoms with Crippen LogP contribution in [-0.4, -0.2) is 15.6 Å². The number of fused-ring (bicyclic) bond motifs is 1. The molecule has 1 heterocycles. The van der Waals surface area contributed by atoms with Crippen LogP contribution in [-0.2, 0) is 0 Å². The monoisotopic (exact) mass is 202 g/mol. The zero-order chi connectivity index (χ0) is 11.0. The maximum Gasteiger partial charge on any atom is 0.162 e. The van der Waals surface area contributed by atoms with Crippen LogP contribution in [0.5, 0.6) is 0 Å². The highest BCUT2D eigenvalue weighted by atomic mass is 16.1. The molecular formula is C12H14N2O. The number of benzene rings is 1. The van der Waals surface area contributed by atoms with Gasteiger partial charge in [-0.05, 0) is 26.8 Å². The number of Topliss-reactive ketones (excluding diaryl/α,β-unsaturated/α-hetero) is 1. The lowest BCUT2D eigenvalue weighted by Gasteiger charge is -2.02. The zero-order valence-electron chi connectivity index (χ0n) is 9.19. The third-order valence-electron chi connectivity index (χ3n) is 2.46. The van der Waals surface area contributed by atoms with Crippen LogP contribution in [0.25, 0.3) is 10.9 Å². The van der Waals surface area contributed by atoms with E-state index in [1.807, 2.05) is 29.1 Å². The molecule has 78 valence electrons. The van der Waals surface area contributed by atoms with E-state index in [2.05, 4.69) is 18.9 Å². The second-order valence-electron chi connectivity index (χ2n) is 4.00. The fourth-order valence-corrected chi connectivity index (χ4v) is 1.61. The summed E-state index contributed by atoms with van der Waals surface area (Å²) in [7, 11) is 0. The predicted molar refractivity (Wildman–Crippen MR) is 60.1 cm³/mol. The van der Waals surface area contributed by atoms with Crippen molar-refractivity contribution in [2.75, 3.05) is 0 Å².